The third kappa shape index (κ3) is 4.87. The lowest BCUT2D eigenvalue weighted by Crippen LogP contribution is -2.47. The molecule has 1 N–H and O–H groups in total. The van der Waals surface area contributed by atoms with Crippen molar-refractivity contribution in [2.24, 2.45) is 0 Å². The van der Waals surface area contributed by atoms with Crippen LogP contribution < -0.4 is 9.62 Å². The lowest BCUT2D eigenvalue weighted by Gasteiger charge is -2.31. The van der Waals surface area contributed by atoms with Crippen molar-refractivity contribution in [1.82, 2.24) is 10.2 Å². The van der Waals surface area contributed by atoms with Gasteiger partial charge < -0.3 is 0 Å². The second-order valence-electron chi connectivity index (χ2n) is 5.48. The Morgan fingerprint density at radius 1 is 1.42 bits per heavy atom. The van der Waals surface area contributed by atoms with Crippen LogP contribution in [0.25, 0.3) is 0 Å². The van der Waals surface area contributed by atoms with Gasteiger partial charge in [-0.25, -0.2) is 8.42 Å². The Labute approximate surface area is 166 Å². The molecule has 1 heterocycles. The SMILES string of the molecule is CCC(C(=O)Nc1nnc(SC)s1)N(c1cc(Cl)ccc1C)S(C)(=O)=O. The summed E-state index contributed by atoms with van der Waals surface area (Å²) in [4.78, 5) is 12.8. The molecule has 0 saturated carbocycles. The average molecular weight is 435 g/mol. The number of benzene rings is 1. The van der Waals surface area contributed by atoms with Crippen LogP contribution in [0, 0.1) is 6.92 Å². The predicted octanol–water partition coefficient (Wildman–Crippen LogP) is 3.41. The first-order valence-electron chi connectivity index (χ1n) is 7.61. The van der Waals surface area contributed by atoms with E-state index >= 15 is 0 Å². The van der Waals surface area contributed by atoms with E-state index in [-0.39, 0.29) is 6.42 Å². The molecule has 1 aromatic carbocycles. The minimum absolute atomic E-state index is 0.277. The largest absolute Gasteiger partial charge is 0.299 e. The third-order valence-corrected chi connectivity index (χ3v) is 6.76. The summed E-state index contributed by atoms with van der Waals surface area (Å²) in [6.07, 6.45) is 3.20. The molecule has 0 bridgehead atoms. The lowest BCUT2D eigenvalue weighted by atomic mass is 10.1. The fraction of sp³-hybridized carbons (Fsp3) is 0.400. The van der Waals surface area contributed by atoms with Crippen LogP contribution in [0.15, 0.2) is 22.5 Å². The van der Waals surface area contributed by atoms with Crippen LogP contribution in [0.1, 0.15) is 18.9 Å². The summed E-state index contributed by atoms with van der Waals surface area (Å²) in [5.74, 6) is -0.471. The van der Waals surface area contributed by atoms with Gasteiger partial charge in [0.25, 0.3) is 0 Å². The Morgan fingerprint density at radius 2 is 2.12 bits per heavy atom. The van der Waals surface area contributed by atoms with Gasteiger partial charge in [-0.2, -0.15) is 0 Å². The smallest absolute Gasteiger partial charge is 0.250 e. The van der Waals surface area contributed by atoms with Crippen molar-refractivity contribution in [3.8, 4) is 0 Å². The molecule has 1 amide bonds. The number of aromatic nitrogens is 2. The molecule has 2 aromatic rings. The number of halogens is 1. The van der Waals surface area contributed by atoms with E-state index in [1.54, 1.807) is 32.0 Å². The van der Waals surface area contributed by atoms with E-state index in [0.29, 0.717) is 25.7 Å². The maximum Gasteiger partial charge on any atom is 0.250 e. The topological polar surface area (TPSA) is 92.3 Å². The van der Waals surface area contributed by atoms with Crippen molar-refractivity contribution < 1.29 is 13.2 Å². The molecule has 0 aliphatic carbocycles. The number of thioether (sulfide) groups is 1. The van der Waals surface area contributed by atoms with Crippen LogP contribution in [0.3, 0.4) is 0 Å². The van der Waals surface area contributed by atoms with E-state index < -0.39 is 22.0 Å². The number of carbonyl (C=O) groups excluding carboxylic acids is 1. The summed E-state index contributed by atoms with van der Waals surface area (Å²) in [5, 5.41) is 11.2. The molecule has 11 heteroatoms. The lowest BCUT2D eigenvalue weighted by molar-refractivity contribution is -0.117. The Kier molecular flexibility index (Phi) is 6.89. The summed E-state index contributed by atoms with van der Waals surface area (Å²) in [7, 11) is -3.73. The van der Waals surface area contributed by atoms with Crippen molar-refractivity contribution in [2.45, 2.75) is 30.6 Å². The van der Waals surface area contributed by atoms with Gasteiger partial charge in [-0.15, -0.1) is 10.2 Å². The van der Waals surface area contributed by atoms with Crippen molar-refractivity contribution in [2.75, 3.05) is 22.1 Å². The third-order valence-electron chi connectivity index (χ3n) is 3.55. The summed E-state index contributed by atoms with van der Waals surface area (Å²) in [6, 6.07) is 4.00. The minimum atomic E-state index is -3.73. The molecular weight excluding hydrogens is 416 g/mol. The number of nitrogens with zero attached hydrogens (tertiary/aromatic N) is 3. The fourth-order valence-corrected chi connectivity index (χ4v) is 4.99. The van der Waals surface area contributed by atoms with Gasteiger partial charge in [0, 0.05) is 5.02 Å². The van der Waals surface area contributed by atoms with Gasteiger partial charge in [-0.05, 0) is 37.3 Å². The zero-order chi connectivity index (χ0) is 19.5. The van der Waals surface area contributed by atoms with E-state index in [4.69, 9.17) is 11.6 Å². The van der Waals surface area contributed by atoms with Crippen LogP contribution in [0.4, 0.5) is 10.8 Å². The molecular formula is C15H19ClN4O3S3. The maximum absolute atomic E-state index is 12.8. The molecule has 0 aliphatic heterocycles. The second kappa shape index (κ2) is 8.55. The number of hydrogen-bond acceptors (Lipinski definition) is 7. The number of rotatable bonds is 7. The molecule has 0 saturated heterocycles. The Morgan fingerprint density at radius 3 is 2.65 bits per heavy atom. The Hall–Kier alpha value is -1.36. The van der Waals surface area contributed by atoms with Gasteiger partial charge in [0.1, 0.15) is 6.04 Å². The zero-order valence-electron chi connectivity index (χ0n) is 14.7. The first kappa shape index (κ1) is 20.9. The summed E-state index contributed by atoms with van der Waals surface area (Å²) < 4.78 is 26.8. The highest BCUT2D eigenvalue weighted by Gasteiger charge is 2.33. The zero-order valence-corrected chi connectivity index (χ0v) is 17.9. The highest BCUT2D eigenvalue weighted by Crippen LogP contribution is 2.30. The summed E-state index contributed by atoms with van der Waals surface area (Å²) >= 11 is 8.69. The van der Waals surface area contributed by atoms with E-state index in [1.807, 2.05) is 6.26 Å². The number of nitrogens with one attached hydrogen (secondary N) is 1. The molecule has 0 spiro atoms. The van der Waals surface area contributed by atoms with Crippen LogP contribution >= 0.6 is 34.7 Å². The Balaban J connectivity index is 2.41. The molecule has 142 valence electrons. The fourth-order valence-electron chi connectivity index (χ4n) is 2.39. The first-order valence-corrected chi connectivity index (χ1v) is 11.9. The van der Waals surface area contributed by atoms with Gasteiger partial charge in [-0.1, -0.05) is 47.7 Å². The van der Waals surface area contributed by atoms with Crippen LogP contribution in [0.5, 0.6) is 0 Å². The average Bonchev–Trinajstić information content (AvgIpc) is 3.01. The van der Waals surface area contributed by atoms with E-state index in [9.17, 15) is 13.2 Å². The van der Waals surface area contributed by atoms with Gasteiger partial charge >= 0.3 is 0 Å². The molecule has 26 heavy (non-hydrogen) atoms. The number of hydrogen-bond donors (Lipinski definition) is 1. The number of amides is 1. The van der Waals surface area contributed by atoms with Gasteiger partial charge in [0.05, 0.1) is 11.9 Å². The number of aryl methyl sites for hydroxylation is 1. The normalized spacial score (nSPS) is 12.7. The first-order chi connectivity index (χ1) is 12.2. The van der Waals surface area contributed by atoms with E-state index in [0.717, 1.165) is 10.6 Å². The van der Waals surface area contributed by atoms with Crippen molar-refractivity contribution in [3.05, 3.63) is 28.8 Å². The molecule has 2 rings (SSSR count). The molecule has 0 radical (unpaired) electrons. The molecule has 0 aliphatic rings. The van der Waals surface area contributed by atoms with E-state index in [1.165, 1.54) is 23.1 Å². The van der Waals surface area contributed by atoms with Gasteiger partial charge in [0.15, 0.2) is 4.34 Å². The van der Waals surface area contributed by atoms with Gasteiger partial charge in [-0.3, -0.25) is 14.4 Å². The van der Waals surface area contributed by atoms with Crippen molar-refractivity contribution in [1.29, 1.82) is 0 Å². The minimum Gasteiger partial charge on any atom is -0.299 e. The quantitative estimate of drug-likeness (QED) is 0.530. The van der Waals surface area contributed by atoms with Crippen LogP contribution in [0.2, 0.25) is 5.02 Å². The summed E-state index contributed by atoms with van der Waals surface area (Å²) in [6.45, 7) is 3.51. The number of carbonyl (C=O) groups is 1. The standard InChI is InChI=1S/C15H19ClN4O3S3/c1-5-11(13(21)17-14-18-19-15(24-3)25-14)20(26(4,22)23)12-8-10(16)7-6-9(12)2/h6-8,11H,5H2,1-4H3,(H,17,18,21). The van der Waals surface area contributed by atoms with Crippen LogP contribution in [-0.2, 0) is 14.8 Å². The molecule has 1 unspecified atom stereocenters. The molecule has 0 fully saturated rings. The van der Waals surface area contributed by atoms with Crippen molar-refractivity contribution in [3.63, 3.8) is 0 Å². The van der Waals surface area contributed by atoms with E-state index in [2.05, 4.69) is 15.5 Å². The van der Waals surface area contributed by atoms with Gasteiger partial charge in [0.2, 0.25) is 21.1 Å². The molecule has 1 aromatic heterocycles. The maximum atomic E-state index is 12.8. The van der Waals surface area contributed by atoms with Crippen molar-refractivity contribution >= 4 is 61.4 Å². The van der Waals surface area contributed by atoms with Crippen LogP contribution in [-0.4, -0.2) is 43.1 Å². The highest BCUT2D eigenvalue weighted by molar-refractivity contribution is 8.00. The predicted molar refractivity (Wildman–Crippen MR) is 108 cm³/mol. The summed E-state index contributed by atoms with van der Waals surface area (Å²) in [5.41, 5.74) is 1.08. The Bertz CT molecular complexity index is 901. The molecule has 7 nitrogen and oxygen atoms in total. The number of sulfonamides is 1. The second-order valence-corrected chi connectivity index (χ2v) is 9.81. The highest BCUT2D eigenvalue weighted by atomic mass is 35.5. The monoisotopic (exact) mass is 434 g/mol. The molecule has 1 atom stereocenters. The number of anilines is 2.